The standard InChI is InChI=1S/C17H16BrNOS/c1-19-17(12-7-8-14(20-2)13(18)9-12)16-10-11-5-3-4-6-15(11)21-16/h3-10,17,19H,1-2H3. The van der Waals surface area contributed by atoms with Crippen molar-refractivity contribution in [2.24, 2.45) is 0 Å². The van der Waals surface area contributed by atoms with E-state index in [-0.39, 0.29) is 6.04 Å². The molecule has 1 N–H and O–H groups in total. The van der Waals surface area contributed by atoms with Crippen LogP contribution >= 0.6 is 27.3 Å². The van der Waals surface area contributed by atoms with Gasteiger partial charge in [-0.2, -0.15) is 0 Å². The summed E-state index contributed by atoms with van der Waals surface area (Å²) < 4.78 is 7.60. The van der Waals surface area contributed by atoms with Crippen LogP contribution in [0.1, 0.15) is 16.5 Å². The Morgan fingerprint density at radius 3 is 2.62 bits per heavy atom. The van der Waals surface area contributed by atoms with Gasteiger partial charge in [0.05, 0.1) is 17.6 Å². The second-order valence-electron chi connectivity index (χ2n) is 4.80. The van der Waals surface area contributed by atoms with E-state index in [1.807, 2.05) is 24.5 Å². The summed E-state index contributed by atoms with van der Waals surface area (Å²) in [5.41, 5.74) is 1.22. The van der Waals surface area contributed by atoms with Gasteiger partial charge in [-0.25, -0.2) is 0 Å². The summed E-state index contributed by atoms with van der Waals surface area (Å²) in [6, 6.07) is 17.2. The van der Waals surface area contributed by atoms with E-state index in [4.69, 9.17) is 4.74 Å². The number of methoxy groups -OCH3 is 1. The Balaban J connectivity index is 2.03. The van der Waals surface area contributed by atoms with Crippen molar-refractivity contribution in [2.75, 3.05) is 14.2 Å². The molecular formula is C17H16BrNOS. The normalized spacial score (nSPS) is 12.5. The van der Waals surface area contributed by atoms with Crippen molar-refractivity contribution < 1.29 is 4.74 Å². The number of hydrogen-bond acceptors (Lipinski definition) is 3. The van der Waals surface area contributed by atoms with Crippen LogP contribution in [0.5, 0.6) is 5.75 Å². The Hall–Kier alpha value is -1.36. The van der Waals surface area contributed by atoms with Crippen LogP contribution in [0.3, 0.4) is 0 Å². The van der Waals surface area contributed by atoms with E-state index < -0.39 is 0 Å². The zero-order valence-corrected chi connectivity index (χ0v) is 14.3. The number of fused-ring (bicyclic) bond motifs is 1. The third-order valence-corrected chi connectivity index (χ3v) is 5.33. The van der Waals surface area contributed by atoms with Gasteiger partial charge in [-0.3, -0.25) is 0 Å². The van der Waals surface area contributed by atoms with E-state index in [1.165, 1.54) is 20.5 Å². The molecule has 1 aromatic heterocycles. The van der Waals surface area contributed by atoms with Gasteiger partial charge in [-0.1, -0.05) is 24.3 Å². The SMILES string of the molecule is CNC(c1ccc(OC)c(Br)c1)c1cc2ccccc2s1. The van der Waals surface area contributed by atoms with Crippen LogP contribution < -0.4 is 10.1 Å². The van der Waals surface area contributed by atoms with Gasteiger partial charge in [0.15, 0.2) is 0 Å². The second-order valence-corrected chi connectivity index (χ2v) is 6.77. The lowest BCUT2D eigenvalue weighted by Crippen LogP contribution is -2.16. The average molecular weight is 362 g/mol. The molecule has 0 radical (unpaired) electrons. The third kappa shape index (κ3) is 2.84. The predicted octanol–water partition coefficient (Wildman–Crippen LogP) is 4.98. The Morgan fingerprint density at radius 1 is 1.14 bits per heavy atom. The number of hydrogen-bond donors (Lipinski definition) is 1. The van der Waals surface area contributed by atoms with E-state index in [0.717, 1.165) is 10.2 Å². The van der Waals surface area contributed by atoms with E-state index in [1.54, 1.807) is 7.11 Å². The minimum atomic E-state index is 0.185. The van der Waals surface area contributed by atoms with Gasteiger partial charge in [0.25, 0.3) is 0 Å². The highest BCUT2D eigenvalue weighted by Crippen LogP contribution is 2.35. The molecule has 1 heterocycles. The number of ether oxygens (including phenoxy) is 1. The molecule has 0 saturated carbocycles. The zero-order chi connectivity index (χ0) is 14.8. The molecule has 0 aliphatic heterocycles. The van der Waals surface area contributed by atoms with Crippen molar-refractivity contribution in [3.63, 3.8) is 0 Å². The fraction of sp³-hybridized carbons (Fsp3) is 0.176. The lowest BCUT2D eigenvalue weighted by atomic mass is 10.0. The lowest BCUT2D eigenvalue weighted by molar-refractivity contribution is 0.412. The lowest BCUT2D eigenvalue weighted by Gasteiger charge is -2.16. The first-order valence-electron chi connectivity index (χ1n) is 6.72. The minimum Gasteiger partial charge on any atom is -0.496 e. The highest BCUT2D eigenvalue weighted by Gasteiger charge is 2.16. The molecule has 0 fully saturated rings. The Kier molecular flexibility index (Phi) is 4.29. The first-order valence-corrected chi connectivity index (χ1v) is 8.33. The maximum atomic E-state index is 5.30. The Labute approximate surface area is 136 Å². The molecule has 0 spiro atoms. The highest BCUT2D eigenvalue weighted by atomic mass is 79.9. The first kappa shape index (κ1) is 14.6. The molecule has 4 heteroatoms. The smallest absolute Gasteiger partial charge is 0.133 e. The molecule has 0 saturated heterocycles. The fourth-order valence-corrected chi connectivity index (χ4v) is 4.24. The summed E-state index contributed by atoms with van der Waals surface area (Å²) >= 11 is 5.39. The summed E-state index contributed by atoms with van der Waals surface area (Å²) in [5.74, 6) is 0.852. The highest BCUT2D eigenvalue weighted by molar-refractivity contribution is 9.10. The molecule has 2 nitrogen and oxygen atoms in total. The van der Waals surface area contributed by atoms with Gasteiger partial charge in [0.2, 0.25) is 0 Å². The number of benzene rings is 2. The molecule has 0 aliphatic carbocycles. The second kappa shape index (κ2) is 6.18. The van der Waals surface area contributed by atoms with Crippen LogP contribution in [0.2, 0.25) is 0 Å². The first-order chi connectivity index (χ1) is 10.2. The molecule has 1 atom stereocenters. The van der Waals surface area contributed by atoms with Crippen molar-refractivity contribution in [3.8, 4) is 5.75 Å². The summed E-state index contributed by atoms with van der Waals surface area (Å²) in [6.07, 6.45) is 0. The molecular weight excluding hydrogens is 346 g/mol. The number of rotatable bonds is 4. The number of thiophene rings is 1. The van der Waals surface area contributed by atoms with Crippen molar-refractivity contribution in [1.29, 1.82) is 0 Å². The predicted molar refractivity (Wildman–Crippen MR) is 93.4 cm³/mol. The summed E-state index contributed by atoms with van der Waals surface area (Å²) in [4.78, 5) is 1.32. The van der Waals surface area contributed by atoms with Crippen LogP contribution in [0.25, 0.3) is 10.1 Å². The number of halogens is 1. The van der Waals surface area contributed by atoms with Gasteiger partial charge in [-0.05, 0) is 58.2 Å². The molecule has 0 amide bonds. The zero-order valence-electron chi connectivity index (χ0n) is 11.9. The summed E-state index contributed by atoms with van der Waals surface area (Å²) in [5, 5.41) is 4.71. The van der Waals surface area contributed by atoms with Gasteiger partial charge >= 0.3 is 0 Å². The summed E-state index contributed by atoms with van der Waals surface area (Å²) in [7, 11) is 3.68. The van der Waals surface area contributed by atoms with Crippen molar-refractivity contribution >= 4 is 37.4 Å². The molecule has 2 aromatic carbocycles. The van der Waals surface area contributed by atoms with E-state index >= 15 is 0 Å². The third-order valence-electron chi connectivity index (χ3n) is 3.53. The van der Waals surface area contributed by atoms with Crippen molar-refractivity contribution in [3.05, 3.63) is 63.4 Å². The van der Waals surface area contributed by atoms with Crippen molar-refractivity contribution in [1.82, 2.24) is 5.32 Å². The average Bonchev–Trinajstić information content (AvgIpc) is 2.91. The maximum Gasteiger partial charge on any atom is 0.133 e. The van der Waals surface area contributed by atoms with Gasteiger partial charge in [0.1, 0.15) is 5.75 Å². The molecule has 3 aromatic rings. The molecule has 0 bridgehead atoms. The number of nitrogens with one attached hydrogen (secondary N) is 1. The van der Waals surface area contributed by atoms with Gasteiger partial charge < -0.3 is 10.1 Å². The Bertz CT molecular complexity index is 735. The van der Waals surface area contributed by atoms with Crippen LogP contribution in [-0.4, -0.2) is 14.2 Å². The molecule has 21 heavy (non-hydrogen) atoms. The van der Waals surface area contributed by atoms with E-state index in [0.29, 0.717) is 0 Å². The van der Waals surface area contributed by atoms with Crippen LogP contribution in [0, 0.1) is 0 Å². The van der Waals surface area contributed by atoms with Crippen LogP contribution in [0.4, 0.5) is 0 Å². The van der Waals surface area contributed by atoms with E-state index in [2.05, 4.69) is 63.7 Å². The van der Waals surface area contributed by atoms with Crippen LogP contribution in [0.15, 0.2) is 53.0 Å². The van der Waals surface area contributed by atoms with E-state index in [9.17, 15) is 0 Å². The maximum absolute atomic E-state index is 5.30. The Morgan fingerprint density at radius 2 is 1.95 bits per heavy atom. The van der Waals surface area contributed by atoms with Crippen molar-refractivity contribution in [2.45, 2.75) is 6.04 Å². The quantitative estimate of drug-likeness (QED) is 0.707. The monoisotopic (exact) mass is 361 g/mol. The molecule has 0 aliphatic rings. The topological polar surface area (TPSA) is 21.3 Å². The fourth-order valence-electron chi connectivity index (χ4n) is 2.48. The largest absolute Gasteiger partial charge is 0.496 e. The molecule has 1 unspecified atom stereocenters. The molecule has 3 rings (SSSR count). The van der Waals surface area contributed by atoms with Gasteiger partial charge in [-0.15, -0.1) is 11.3 Å². The minimum absolute atomic E-state index is 0.185. The summed E-state index contributed by atoms with van der Waals surface area (Å²) in [6.45, 7) is 0. The molecule has 108 valence electrons. The van der Waals surface area contributed by atoms with Gasteiger partial charge in [0, 0.05) is 9.58 Å². The van der Waals surface area contributed by atoms with Crippen LogP contribution in [-0.2, 0) is 0 Å².